The molecule has 0 aromatic carbocycles. The molecule has 1 aliphatic rings. The van der Waals surface area contributed by atoms with Crippen molar-refractivity contribution in [3.8, 4) is 0 Å². The van der Waals surface area contributed by atoms with E-state index in [1.807, 2.05) is 17.9 Å². The van der Waals surface area contributed by atoms with Crippen LogP contribution in [0, 0.1) is 5.92 Å². The molecule has 1 aliphatic heterocycles. The molecule has 0 spiro atoms. The predicted octanol–water partition coefficient (Wildman–Crippen LogP) is 0.0506. The smallest absolute Gasteiger partial charge is 0.0964 e. The minimum atomic E-state index is 0.575. The SMILES string of the molecule is CNCc1cn(CCOCC2CCOC2)nn1. The molecular weight excluding hydrogens is 220 g/mol. The molecule has 0 aliphatic carbocycles. The summed E-state index contributed by atoms with van der Waals surface area (Å²) in [5, 5.41) is 11.1. The van der Waals surface area contributed by atoms with Crippen LogP contribution >= 0.6 is 0 Å². The lowest BCUT2D eigenvalue weighted by Crippen LogP contribution is -2.13. The average molecular weight is 240 g/mol. The van der Waals surface area contributed by atoms with E-state index in [0.29, 0.717) is 12.5 Å². The monoisotopic (exact) mass is 240 g/mol. The summed E-state index contributed by atoms with van der Waals surface area (Å²) in [7, 11) is 1.89. The molecule has 17 heavy (non-hydrogen) atoms. The third kappa shape index (κ3) is 4.07. The summed E-state index contributed by atoms with van der Waals surface area (Å²) in [5.41, 5.74) is 0.955. The van der Waals surface area contributed by atoms with E-state index in [-0.39, 0.29) is 0 Å². The van der Waals surface area contributed by atoms with Crippen molar-refractivity contribution in [1.82, 2.24) is 20.3 Å². The lowest BCUT2D eigenvalue weighted by Gasteiger charge is -2.08. The van der Waals surface area contributed by atoms with E-state index in [1.54, 1.807) is 0 Å². The van der Waals surface area contributed by atoms with Gasteiger partial charge in [-0.05, 0) is 13.5 Å². The summed E-state index contributed by atoms with van der Waals surface area (Å²) >= 11 is 0. The van der Waals surface area contributed by atoms with E-state index in [1.165, 1.54) is 0 Å². The number of hydrogen-bond donors (Lipinski definition) is 1. The minimum absolute atomic E-state index is 0.575. The Labute approximate surface area is 101 Å². The number of ether oxygens (including phenoxy) is 2. The second kappa shape index (κ2) is 6.68. The molecule has 1 saturated heterocycles. The molecule has 1 fully saturated rings. The molecule has 1 aromatic heterocycles. The number of nitrogens with one attached hydrogen (secondary N) is 1. The van der Waals surface area contributed by atoms with Crippen LogP contribution in [0.5, 0.6) is 0 Å². The molecule has 0 saturated carbocycles. The third-order valence-electron chi connectivity index (χ3n) is 2.79. The fraction of sp³-hybridized carbons (Fsp3) is 0.818. The first-order valence-electron chi connectivity index (χ1n) is 6.07. The van der Waals surface area contributed by atoms with Gasteiger partial charge in [0.2, 0.25) is 0 Å². The van der Waals surface area contributed by atoms with Crippen LogP contribution in [0.1, 0.15) is 12.1 Å². The van der Waals surface area contributed by atoms with E-state index in [0.717, 1.165) is 45.0 Å². The average Bonchev–Trinajstić information content (AvgIpc) is 2.96. The molecule has 1 unspecified atom stereocenters. The van der Waals surface area contributed by atoms with Crippen molar-refractivity contribution < 1.29 is 9.47 Å². The quantitative estimate of drug-likeness (QED) is 0.682. The highest BCUT2D eigenvalue weighted by atomic mass is 16.5. The zero-order chi connectivity index (χ0) is 11.9. The number of nitrogens with zero attached hydrogens (tertiary/aromatic N) is 3. The van der Waals surface area contributed by atoms with Gasteiger partial charge >= 0.3 is 0 Å². The maximum atomic E-state index is 5.61. The molecule has 0 radical (unpaired) electrons. The Bertz CT molecular complexity index is 323. The van der Waals surface area contributed by atoms with Gasteiger partial charge in [0.25, 0.3) is 0 Å². The van der Waals surface area contributed by atoms with Crippen molar-refractivity contribution in [2.24, 2.45) is 5.92 Å². The number of hydrogen-bond acceptors (Lipinski definition) is 5. The molecule has 2 heterocycles. The maximum Gasteiger partial charge on any atom is 0.0964 e. The number of rotatable bonds is 7. The summed E-state index contributed by atoms with van der Waals surface area (Å²) in [5.74, 6) is 0.575. The number of aromatic nitrogens is 3. The van der Waals surface area contributed by atoms with Gasteiger partial charge < -0.3 is 14.8 Å². The van der Waals surface area contributed by atoms with Crippen LogP contribution in [-0.2, 0) is 22.6 Å². The van der Waals surface area contributed by atoms with Gasteiger partial charge in [-0.3, -0.25) is 0 Å². The minimum Gasteiger partial charge on any atom is -0.381 e. The largest absolute Gasteiger partial charge is 0.381 e. The standard InChI is InChI=1S/C11H20N4O2/c1-12-6-11-7-15(14-13-11)3-5-17-9-10-2-4-16-8-10/h7,10,12H,2-6,8-9H2,1H3. The van der Waals surface area contributed by atoms with Gasteiger partial charge in [0, 0.05) is 25.3 Å². The summed E-state index contributed by atoms with van der Waals surface area (Å²) in [6.07, 6.45) is 3.06. The lowest BCUT2D eigenvalue weighted by molar-refractivity contribution is 0.0828. The second-order valence-corrected chi connectivity index (χ2v) is 4.31. The van der Waals surface area contributed by atoms with Crippen molar-refractivity contribution in [1.29, 1.82) is 0 Å². The van der Waals surface area contributed by atoms with E-state index in [4.69, 9.17) is 9.47 Å². The Morgan fingerprint density at radius 2 is 2.59 bits per heavy atom. The fourth-order valence-corrected chi connectivity index (χ4v) is 1.83. The highest BCUT2D eigenvalue weighted by Gasteiger charge is 2.15. The third-order valence-corrected chi connectivity index (χ3v) is 2.79. The molecule has 6 nitrogen and oxygen atoms in total. The first-order chi connectivity index (χ1) is 8.38. The zero-order valence-corrected chi connectivity index (χ0v) is 10.3. The van der Waals surface area contributed by atoms with Crippen LogP contribution in [0.2, 0.25) is 0 Å². The van der Waals surface area contributed by atoms with Gasteiger partial charge in [-0.15, -0.1) is 5.10 Å². The summed E-state index contributed by atoms with van der Waals surface area (Å²) in [6.45, 7) is 4.70. The van der Waals surface area contributed by atoms with Crippen LogP contribution in [-0.4, -0.2) is 48.5 Å². The maximum absolute atomic E-state index is 5.61. The van der Waals surface area contributed by atoms with Gasteiger partial charge in [-0.2, -0.15) is 0 Å². The van der Waals surface area contributed by atoms with Gasteiger partial charge in [0.05, 0.1) is 32.1 Å². The Hall–Kier alpha value is -0.980. The topological polar surface area (TPSA) is 61.2 Å². The lowest BCUT2D eigenvalue weighted by atomic mass is 10.1. The molecular formula is C11H20N4O2. The predicted molar refractivity (Wildman–Crippen MR) is 62.5 cm³/mol. The van der Waals surface area contributed by atoms with Crippen LogP contribution in [0.3, 0.4) is 0 Å². The van der Waals surface area contributed by atoms with E-state index >= 15 is 0 Å². The molecule has 1 atom stereocenters. The normalized spacial score (nSPS) is 19.9. The van der Waals surface area contributed by atoms with Crippen LogP contribution in [0.4, 0.5) is 0 Å². The van der Waals surface area contributed by atoms with Crippen molar-refractivity contribution in [2.45, 2.75) is 19.5 Å². The highest BCUT2D eigenvalue weighted by Crippen LogP contribution is 2.12. The molecule has 0 bridgehead atoms. The molecule has 2 rings (SSSR count). The van der Waals surface area contributed by atoms with Crippen molar-refractivity contribution in [3.63, 3.8) is 0 Å². The molecule has 1 aromatic rings. The van der Waals surface area contributed by atoms with Crippen LogP contribution < -0.4 is 5.32 Å². The zero-order valence-electron chi connectivity index (χ0n) is 10.3. The van der Waals surface area contributed by atoms with Gasteiger partial charge in [0.15, 0.2) is 0 Å². The Morgan fingerprint density at radius 1 is 1.65 bits per heavy atom. The van der Waals surface area contributed by atoms with E-state index < -0.39 is 0 Å². The summed E-state index contributed by atoms with van der Waals surface area (Å²) in [4.78, 5) is 0. The van der Waals surface area contributed by atoms with Gasteiger partial charge in [-0.1, -0.05) is 5.21 Å². The molecule has 1 N–H and O–H groups in total. The highest BCUT2D eigenvalue weighted by molar-refractivity contribution is 4.90. The van der Waals surface area contributed by atoms with E-state index in [2.05, 4.69) is 15.6 Å². The fourth-order valence-electron chi connectivity index (χ4n) is 1.83. The van der Waals surface area contributed by atoms with Crippen molar-refractivity contribution in [2.75, 3.05) is 33.5 Å². The first kappa shape index (κ1) is 12.5. The van der Waals surface area contributed by atoms with Crippen LogP contribution in [0.15, 0.2) is 6.20 Å². The molecule has 6 heteroatoms. The Balaban J connectivity index is 1.60. The Morgan fingerprint density at radius 3 is 3.35 bits per heavy atom. The first-order valence-corrected chi connectivity index (χ1v) is 6.07. The van der Waals surface area contributed by atoms with Gasteiger partial charge in [0.1, 0.15) is 0 Å². The van der Waals surface area contributed by atoms with E-state index in [9.17, 15) is 0 Å². The van der Waals surface area contributed by atoms with Crippen molar-refractivity contribution in [3.05, 3.63) is 11.9 Å². The molecule has 0 amide bonds. The van der Waals surface area contributed by atoms with Gasteiger partial charge in [-0.25, -0.2) is 4.68 Å². The second-order valence-electron chi connectivity index (χ2n) is 4.31. The summed E-state index contributed by atoms with van der Waals surface area (Å²) < 4.78 is 12.7. The Kier molecular flexibility index (Phi) is 4.90. The van der Waals surface area contributed by atoms with Crippen LogP contribution in [0.25, 0.3) is 0 Å². The summed E-state index contributed by atoms with van der Waals surface area (Å²) in [6, 6.07) is 0. The molecule has 96 valence electrons. The van der Waals surface area contributed by atoms with Crippen molar-refractivity contribution >= 4 is 0 Å².